The van der Waals surface area contributed by atoms with Gasteiger partial charge in [-0.05, 0) is 34.8 Å². The number of amides is 1. The highest BCUT2D eigenvalue weighted by Crippen LogP contribution is 2.24. The molecule has 6 nitrogen and oxygen atoms in total. The van der Waals surface area contributed by atoms with Crippen LogP contribution in [0.3, 0.4) is 0 Å². The maximum atomic E-state index is 12.3. The molecule has 0 bridgehead atoms. The molecule has 0 saturated carbocycles. The molecule has 3 N–H and O–H groups in total. The van der Waals surface area contributed by atoms with Gasteiger partial charge in [0.25, 0.3) is 11.6 Å². The third-order valence-corrected chi connectivity index (χ3v) is 4.19. The van der Waals surface area contributed by atoms with Gasteiger partial charge >= 0.3 is 0 Å². The highest BCUT2D eigenvalue weighted by atomic mass is 79.9. The van der Waals surface area contributed by atoms with Gasteiger partial charge in [-0.15, -0.1) is 0 Å². The standard InChI is InChI=1S/C13H18BrN3O3/c1-8(2)13(3,7-15)16-12(18)10-6-9(17(19)20)4-5-11(10)14/h4-6,8H,7,15H2,1-3H3,(H,16,18). The molecular weight excluding hydrogens is 326 g/mol. The van der Waals surface area contributed by atoms with Crippen molar-refractivity contribution in [2.24, 2.45) is 11.7 Å². The first kappa shape index (κ1) is 16.6. The predicted molar refractivity (Wildman–Crippen MR) is 80.6 cm³/mol. The number of non-ortho nitro benzene ring substituents is 1. The van der Waals surface area contributed by atoms with E-state index in [1.807, 2.05) is 20.8 Å². The van der Waals surface area contributed by atoms with Crippen molar-refractivity contribution < 1.29 is 9.72 Å². The second-order valence-electron chi connectivity index (χ2n) is 5.15. The SMILES string of the molecule is CC(C)C(C)(CN)NC(=O)c1cc([N+](=O)[O-])ccc1Br. The number of rotatable bonds is 5. The number of halogens is 1. The van der Waals surface area contributed by atoms with Crippen LogP contribution in [0.5, 0.6) is 0 Å². The summed E-state index contributed by atoms with van der Waals surface area (Å²) in [5.74, 6) is -0.254. The second-order valence-corrected chi connectivity index (χ2v) is 6.01. The number of benzene rings is 1. The summed E-state index contributed by atoms with van der Waals surface area (Å²) in [4.78, 5) is 22.5. The number of nitrogens with two attached hydrogens (primary N) is 1. The molecule has 0 radical (unpaired) electrons. The molecule has 20 heavy (non-hydrogen) atoms. The van der Waals surface area contributed by atoms with Gasteiger partial charge in [0.1, 0.15) is 0 Å². The third-order valence-electron chi connectivity index (χ3n) is 3.50. The van der Waals surface area contributed by atoms with Gasteiger partial charge in [-0.2, -0.15) is 0 Å². The minimum Gasteiger partial charge on any atom is -0.345 e. The van der Waals surface area contributed by atoms with Crippen molar-refractivity contribution in [3.63, 3.8) is 0 Å². The van der Waals surface area contributed by atoms with E-state index in [4.69, 9.17) is 5.73 Å². The number of carbonyl (C=O) groups is 1. The minimum atomic E-state index is -0.568. The number of hydrogen-bond donors (Lipinski definition) is 2. The Morgan fingerprint density at radius 3 is 2.60 bits per heavy atom. The van der Waals surface area contributed by atoms with E-state index in [1.54, 1.807) is 0 Å². The van der Waals surface area contributed by atoms with Crippen molar-refractivity contribution in [3.05, 3.63) is 38.3 Å². The van der Waals surface area contributed by atoms with Crippen molar-refractivity contribution in [2.45, 2.75) is 26.3 Å². The summed E-state index contributed by atoms with van der Waals surface area (Å²) in [6, 6.07) is 4.07. The van der Waals surface area contributed by atoms with Crippen LogP contribution in [0.2, 0.25) is 0 Å². The maximum Gasteiger partial charge on any atom is 0.270 e. The van der Waals surface area contributed by atoms with Gasteiger partial charge in [0, 0.05) is 23.2 Å². The molecule has 0 saturated heterocycles. The zero-order valence-corrected chi connectivity index (χ0v) is 13.2. The summed E-state index contributed by atoms with van der Waals surface area (Å²) in [5, 5.41) is 13.6. The fourth-order valence-electron chi connectivity index (χ4n) is 1.56. The lowest BCUT2D eigenvalue weighted by Gasteiger charge is -2.33. The van der Waals surface area contributed by atoms with Crippen LogP contribution in [0, 0.1) is 16.0 Å². The second kappa shape index (κ2) is 6.32. The number of nitro benzene ring substituents is 1. The molecule has 1 atom stereocenters. The minimum absolute atomic E-state index is 0.127. The number of nitrogens with one attached hydrogen (secondary N) is 1. The normalized spacial score (nSPS) is 13.9. The van der Waals surface area contributed by atoms with E-state index in [-0.39, 0.29) is 29.6 Å². The first-order chi connectivity index (χ1) is 9.21. The van der Waals surface area contributed by atoms with E-state index in [0.29, 0.717) is 4.47 Å². The van der Waals surface area contributed by atoms with Crippen molar-refractivity contribution in [1.82, 2.24) is 5.32 Å². The van der Waals surface area contributed by atoms with Crippen LogP contribution in [0.1, 0.15) is 31.1 Å². The van der Waals surface area contributed by atoms with Crippen molar-refractivity contribution in [1.29, 1.82) is 0 Å². The summed E-state index contributed by atoms with van der Waals surface area (Å²) < 4.78 is 0.503. The lowest BCUT2D eigenvalue weighted by Crippen LogP contribution is -2.55. The number of nitro groups is 1. The van der Waals surface area contributed by atoms with Gasteiger partial charge in [-0.1, -0.05) is 13.8 Å². The molecule has 1 unspecified atom stereocenters. The lowest BCUT2D eigenvalue weighted by molar-refractivity contribution is -0.384. The lowest BCUT2D eigenvalue weighted by atomic mass is 9.88. The van der Waals surface area contributed by atoms with Gasteiger partial charge in [-0.3, -0.25) is 14.9 Å². The number of nitrogens with zero attached hydrogens (tertiary/aromatic N) is 1. The zero-order valence-electron chi connectivity index (χ0n) is 11.6. The average molecular weight is 344 g/mol. The maximum absolute atomic E-state index is 12.3. The molecule has 0 aliphatic heterocycles. The molecule has 1 aromatic carbocycles. The molecule has 7 heteroatoms. The molecule has 110 valence electrons. The molecule has 1 rings (SSSR count). The third kappa shape index (κ3) is 3.55. The monoisotopic (exact) mass is 343 g/mol. The molecule has 0 spiro atoms. The van der Waals surface area contributed by atoms with E-state index in [2.05, 4.69) is 21.2 Å². The smallest absolute Gasteiger partial charge is 0.270 e. The van der Waals surface area contributed by atoms with Crippen LogP contribution < -0.4 is 11.1 Å². The van der Waals surface area contributed by atoms with Gasteiger partial charge in [0.05, 0.1) is 16.0 Å². The first-order valence-corrected chi connectivity index (χ1v) is 6.97. The average Bonchev–Trinajstić information content (AvgIpc) is 2.38. The molecule has 0 fully saturated rings. The Morgan fingerprint density at radius 2 is 2.15 bits per heavy atom. The number of carbonyl (C=O) groups excluding carboxylic acids is 1. The van der Waals surface area contributed by atoms with E-state index in [9.17, 15) is 14.9 Å². The largest absolute Gasteiger partial charge is 0.345 e. The summed E-state index contributed by atoms with van der Waals surface area (Å²) >= 11 is 3.23. The van der Waals surface area contributed by atoms with Crippen LogP contribution in [-0.2, 0) is 0 Å². The summed E-state index contributed by atoms with van der Waals surface area (Å²) in [5.41, 5.74) is 5.24. The first-order valence-electron chi connectivity index (χ1n) is 6.18. The van der Waals surface area contributed by atoms with Crippen LogP contribution >= 0.6 is 15.9 Å². The molecule has 0 aliphatic carbocycles. The van der Waals surface area contributed by atoms with E-state index in [1.165, 1.54) is 18.2 Å². The van der Waals surface area contributed by atoms with Crippen molar-refractivity contribution >= 4 is 27.5 Å². The fraction of sp³-hybridized carbons (Fsp3) is 0.462. The topological polar surface area (TPSA) is 98.3 Å². The molecular formula is C13H18BrN3O3. The fourth-order valence-corrected chi connectivity index (χ4v) is 1.99. The Morgan fingerprint density at radius 1 is 1.55 bits per heavy atom. The Hall–Kier alpha value is -1.47. The zero-order chi connectivity index (χ0) is 15.5. The van der Waals surface area contributed by atoms with Crippen LogP contribution in [0.4, 0.5) is 5.69 Å². The van der Waals surface area contributed by atoms with Crippen LogP contribution in [-0.4, -0.2) is 22.9 Å². The summed E-state index contributed by atoms with van der Waals surface area (Å²) in [6.07, 6.45) is 0. The van der Waals surface area contributed by atoms with E-state index >= 15 is 0 Å². The Kier molecular flexibility index (Phi) is 5.24. The van der Waals surface area contributed by atoms with Crippen molar-refractivity contribution in [3.8, 4) is 0 Å². The quantitative estimate of drug-likeness (QED) is 0.633. The van der Waals surface area contributed by atoms with Gasteiger partial charge in [-0.25, -0.2) is 0 Å². The molecule has 0 heterocycles. The van der Waals surface area contributed by atoms with E-state index < -0.39 is 10.5 Å². The Bertz CT molecular complexity index is 534. The van der Waals surface area contributed by atoms with Gasteiger partial charge < -0.3 is 11.1 Å². The van der Waals surface area contributed by atoms with Crippen molar-refractivity contribution in [2.75, 3.05) is 6.54 Å². The summed E-state index contributed by atoms with van der Waals surface area (Å²) in [7, 11) is 0. The van der Waals surface area contributed by atoms with Gasteiger partial charge in [0.15, 0.2) is 0 Å². The Balaban J connectivity index is 3.09. The predicted octanol–water partition coefficient (Wildman–Crippen LogP) is 2.46. The van der Waals surface area contributed by atoms with Crippen LogP contribution in [0.15, 0.2) is 22.7 Å². The Labute approximate surface area is 126 Å². The highest BCUT2D eigenvalue weighted by Gasteiger charge is 2.30. The van der Waals surface area contributed by atoms with E-state index in [0.717, 1.165) is 0 Å². The highest BCUT2D eigenvalue weighted by molar-refractivity contribution is 9.10. The van der Waals surface area contributed by atoms with Crippen LogP contribution in [0.25, 0.3) is 0 Å². The summed E-state index contributed by atoms with van der Waals surface area (Å²) in [6.45, 7) is 6.04. The molecule has 1 aromatic rings. The molecule has 0 aromatic heterocycles. The molecule has 1 amide bonds. The number of hydrogen-bond acceptors (Lipinski definition) is 4. The molecule has 0 aliphatic rings. The van der Waals surface area contributed by atoms with Gasteiger partial charge in [0.2, 0.25) is 0 Å².